The first-order valence-corrected chi connectivity index (χ1v) is 11.6. The predicted octanol–water partition coefficient (Wildman–Crippen LogP) is 5.77. The zero-order valence-electron chi connectivity index (χ0n) is 20.9. The molecule has 6 nitrogen and oxygen atoms in total. The van der Waals surface area contributed by atoms with Crippen molar-refractivity contribution in [2.24, 2.45) is 0 Å². The lowest BCUT2D eigenvalue weighted by Gasteiger charge is -2.32. The number of amides is 1. The van der Waals surface area contributed by atoms with Gasteiger partial charge in [-0.05, 0) is 61.0 Å². The maximum Gasteiger partial charge on any atom is 0.573 e. The number of alkyl halides is 3. The van der Waals surface area contributed by atoms with Gasteiger partial charge in [0.05, 0.1) is 6.54 Å². The quantitative estimate of drug-likeness (QED) is 0.433. The number of carbonyl (C=O) groups excluding carboxylic acids is 1. The van der Waals surface area contributed by atoms with Crippen LogP contribution < -0.4 is 4.74 Å². The fourth-order valence-electron chi connectivity index (χ4n) is 3.85. The maximum atomic E-state index is 13.3. The molecule has 0 heterocycles. The molecule has 0 aliphatic heterocycles. The molecule has 2 unspecified atom stereocenters. The van der Waals surface area contributed by atoms with Crippen LogP contribution in [0.4, 0.5) is 13.2 Å². The SMILES string of the molecule is C=CN(CC(O)COC1=CC=CCC1(C)OC)C(=O)c1cc(-c2ccc(OC(F)(F)F)cc2)ccc1C. The summed E-state index contributed by atoms with van der Waals surface area (Å²) in [5.41, 5.74) is 1.68. The van der Waals surface area contributed by atoms with Crippen molar-refractivity contribution in [1.29, 1.82) is 0 Å². The Bertz CT molecular complexity index is 1170. The molecular weight excluding hydrogens is 487 g/mol. The second kappa shape index (κ2) is 11.7. The van der Waals surface area contributed by atoms with Crippen LogP contribution in [0.3, 0.4) is 0 Å². The molecule has 0 aromatic heterocycles. The fourth-order valence-corrected chi connectivity index (χ4v) is 3.85. The highest BCUT2D eigenvalue weighted by Crippen LogP contribution is 2.30. The predicted molar refractivity (Wildman–Crippen MR) is 134 cm³/mol. The van der Waals surface area contributed by atoms with Crippen molar-refractivity contribution in [1.82, 2.24) is 4.90 Å². The molecule has 3 rings (SSSR count). The van der Waals surface area contributed by atoms with E-state index in [1.54, 1.807) is 38.3 Å². The van der Waals surface area contributed by atoms with Crippen molar-refractivity contribution in [3.05, 3.63) is 90.4 Å². The summed E-state index contributed by atoms with van der Waals surface area (Å²) in [5, 5.41) is 10.6. The van der Waals surface area contributed by atoms with Crippen LogP contribution in [0, 0.1) is 6.92 Å². The Labute approximate surface area is 214 Å². The van der Waals surface area contributed by atoms with Crippen molar-refractivity contribution in [2.45, 2.75) is 38.3 Å². The highest BCUT2D eigenvalue weighted by atomic mass is 19.4. The Morgan fingerprint density at radius 1 is 1.22 bits per heavy atom. The zero-order valence-corrected chi connectivity index (χ0v) is 20.9. The van der Waals surface area contributed by atoms with Crippen LogP contribution in [0.2, 0.25) is 0 Å². The van der Waals surface area contributed by atoms with E-state index in [1.165, 1.54) is 35.4 Å². The van der Waals surface area contributed by atoms with Crippen molar-refractivity contribution >= 4 is 5.91 Å². The van der Waals surface area contributed by atoms with E-state index in [1.807, 2.05) is 19.1 Å². The number of aliphatic hydroxyl groups excluding tert-OH is 1. The molecule has 9 heteroatoms. The average molecular weight is 518 g/mol. The first-order chi connectivity index (χ1) is 17.5. The molecule has 0 radical (unpaired) electrons. The minimum Gasteiger partial charge on any atom is -0.492 e. The van der Waals surface area contributed by atoms with Gasteiger partial charge in [-0.3, -0.25) is 4.79 Å². The molecule has 0 spiro atoms. The van der Waals surface area contributed by atoms with Crippen LogP contribution in [-0.2, 0) is 9.47 Å². The number of halogens is 3. The van der Waals surface area contributed by atoms with E-state index in [0.717, 1.165) is 0 Å². The highest BCUT2D eigenvalue weighted by Gasteiger charge is 2.32. The first-order valence-electron chi connectivity index (χ1n) is 11.6. The molecule has 2 aromatic rings. The number of allylic oxidation sites excluding steroid dienone is 2. The minimum absolute atomic E-state index is 0.0533. The topological polar surface area (TPSA) is 68.2 Å². The van der Waals surface area contributed by atoms with Gasteiger partial charge in [0.15, 0.2) is 0 Å². The normalized spacial score (nSPS) is 18.1. The Kier molecular flexibility index (Phi) is 8.83. The number of ether oxygens (including phenoxy) is 3. The van der Waals surface area contributed by atoms with Gasteiger partial charge >= 0.3 is 6.36 Å². The van der Waals surface area contributed by atoms with E-state index in [2.05, 4.69) is 11.3 Å². The lowest BCUT2D eigenvalue weighted by atomic mass is 9.95. The van der Waals surface area contributed by atoms with E-state index in [9.17, 15) is 23.1 Å². The van der Waals surface area contributed by atoms with E-state index < -0.39 is 18.1 Å². The summed E-state index contributed by atoms with van der Waals surface area (Å²) >= 11 is 0. The van der Waals surface area contributed by atoms with Gasteiger partial charge in [-0.2, -0.15) is 0 Å². The minimum atomic E-state index is -4.78. The van der Waals surface area contributed by atoms with Crippen molar-refractivity contribution in [2.75, 3.05) is 20.3 Å². The largest absolute Gasteiger partial charge is 0.573 e. The number of aliphatic hydroxyl groups is 1. The Morgan fingerprint density at radius 2 is 1.89 bits per heavy atom. The first kappa shape index (κ1) is 28.0. The van der Waals surface area contributed by atoms with Gasteiger partial charge in [0.2, 0.25) is 0 Å². The van der Waals surface area contributed by atoms with Crippen LogP contribution in [0.25, 0.3) is 11.1 Å². The van der Waals surface area contributed by atoms with Gasteiger partial charge in [-0.1, -0.05) is 43.0 Å². The maximum absolute atomic E-state index is 13.3. The number of rotatable bonds is 10. The van der Waals surface area contributed by atoms with Gasteiger partial charge in [0.25, 0.3) is 5.91 Å². The summed E-state index contributed by atoms with van der Waals surface area (Å²) in [6.07, 6.45) is 1.80. The van der Waals surface area contributed by atoms with Gasteiger partial charge in [0, 0.05) is 19.1 Å². The average Bonchev–Trinajstić information content (AvgIpc) is 2.86. The molecule has 1 amide bonds. The number of nitrogens with zero attached hydrogens (tertiary/aromatic N) is 1. The van der Waals surface area contributed by atoms with E-state index in [4.69, 9.17) is 9.47 Å². The van der Waals surface area contributed by atoms with Gasteiger partial charge in [0.1, 0.15) is 29.8 Å². The molecular formula is C28H30F3NO5. The third-order valence-electron chi connectivity index (χ3n) is 6.07. The zero-order chi connectivity index (χ0) is 27.2. The van der Waals surface area contributed by atoms with Gasteiger partial charge in [-0.25, -0.2) is 0 Å². The molecule has 37 heavy (non-hydrogen) atoms. The molecule has 2 atom stereocenters. The van der Waals surface area contributed by atoms with E-state index in [-0.39, 0.29) is 24.8 Å². The van der Waals surface area contributed by atoms with Crippen LogP contribution in [0.5, 0.6) is 5.75 Å². The molecule has 0 fully saturated rings. The van der Waals surface area contributed by atoms with E-state index in [0.29, 0.717) is 34.4 Å². The van der Waals surface area contributed by atoms with Crippen LogP contribution in [-0.4, -0.2) is 54.2 Å². The standard InChI is InChI=1S/C28H30F3NO5/c1-5-32(17-22(33)18-36-25-8-6-7-15-27(25,3)35-4)26(34)24-16-21(10-9-19(24)2)20-11-13-23(14-12-20)37-28(29,30)31/h5-14,16,22,33H,1,15,17-18H2,2-4H3. The smallest absolute Gasteiger partial charge is 0.492 e. The molecule has 0 saturated carbocycles. The lowest BCUT2D eigenvalue weighted by Crippen LogP contribution is -2.38. The Morgan fingerprint density at radius 3 is 2.51 bits per heavy atom. The number of aryl methyl sites for hydroxylation is 1. The monoisotopic (exact) mass is 517 g/mol. The molecule has 0 saturated heterocycles. The number of carbonyl (C=O) groups is 1. The lowest BCUT2D eigenvalue weighted by molar-refractivity contribution is -0.274. The van der Waals surface area contributed by atoms with Crippen LogP contribution >= 0.6 is 0 Å². The Balaban J connectivity index is 1.70. The molecule has 198 valence electrons. The van der Waals surface area contributed by atoms with Crippen molar-refractivity contribution in [3.8, 4) is 16.9 Å². The summed E-state index contributed by atoms with van der Waals surface area (Å²) in [7, 11) is 1.59. The number of benzene rings is 2. The van der Waals surface area contributed by atoms with Crippen LogP contribution in [0.15, 0.2) is 79.2 Å². The molecule has 1 aliphatic carbocycles. The third-order valence-corrected chi connectivity index (χ3v) is 6.07. The number of hydrogen-bond acceptors (Lipinski definition) is 5. The fraction of sp³-hybridized carbons (Fsp3) is 0.321. The van der Waals surface area contributed by atoms with Crippen molar-refractivity contribution < 1.29 is 37.3 Å². The highest BCUT2D eigenvalue weighted by molar-refractivity contribution is 5.97. The summed E-state index contributed by atoms with van der Waals surface area (Å²) in [6, 6.07) is 10.6. The molecule has 0 bridgehead atoms. The molecule has 1 N–H and O–H groups in total. The Hall–Kier alpha value is -3.56. The number of methoxy groups -OCH3 is 1. The number of hydrogen-bond donors (Lipinski definition) is 1. The van der Waals surface area contributed by atoms with Gasteiger partial charge in [-0.15, -0.1) is 13.2 Å². The van der Waals surface area contributed by atoms with E-state index >= 15 is 0 Å². The van der Waals surface area contributed by atoms with Crippen molar-refractivity contribution in [3.63, 3.8) is 0 Å². The summed E-state index contributed by atoms with van der Waals surface area (Å²) < 4.78 is 52.6. The summed E-state index contributed by atoms with van der Waals surface area (Å²) in [5.74, 6) is -0.130. The molecule has 1 aliphatic rings. The second-order valence-corrected chi connectivity index (χ2v) is 8.80. The summed E-state index contributed by atoms with van der Waals surface area (Å²) in [4.78, 5) is 14.6. The van der Waals surface area contributed by atoms with Gasteiger partial charge < -0.3 is 24.2 Å². The molecule has 2 aromatic carbocycles. The second-order valence-electron chi connectivity index (χ2n) is 8.80. The van der Waals surface area contributed by atoms with Crippen LogP contribution in [0.1, 0.15) is 29.3 Å². The third kappa shape index (κ3) is 7.24. The summed E-state index contributed by atoms with van der Waals surface area (Å²) in [6.45, 7) is 7.26.